The standard InChI is InChI=1S/C26H39F2NO2S/c1-8-26(15-18(4)5,25(32)20(7)30)29(16-19(6)13-17(2)3)24(31)12-10-21-9-11-22(27)14-23(21)28/h9-12,14,17-20,30H,8,13,15-16H2,1-7H3. The average molecular weight is 468 g/mol. The van der Waals surface area contributed by atoms with Crippen molar-refractivity contribution in [2.24, 2.45) is 17.8 Å². The number of rotatable bonds is 12. The van der Waals surface area contributed by atoms with Crippen LogP contribution in [0.5, 0.6) is 0 Å². The summed E-state index contributed by atoms with van der Waals surface area (Å²) in [5, 5.41) is 10.4. The van der Waals surface area contributed by atoms with E-state index in [9.17, 15) is 18.7 Å². The van der Waals surface area contributed by atoms with Gasteiger partial charge in [0.2, 0.25) is 5.91 Å². The van der Waals surface area contributed by atoms with Crippen molar-refractivity contribution in [2.75, 3.05) is 6.54 Å². The lowest BCUT2D eigenvalue weighted by atomic mass is 9.79. The maximum atomic E-state index is 14.1. The molecule has 0 aliphatic heterocycles. The Morgan fingerprint density at radius 3 is 2.25 bits per heavy atom. The molecule has 0 fully saturated rings. The third-order valence-electron chi connectivity index (χ3n) is 5.69. The zero-order valence-electron chi connectivity index (χ0n) is 20.5. The van der Waals surface area contributed by atoms with Crippen molar-refractivity contribution < 1.29 is 18.7 Å². The van der Waals surface area contributed by atoms with Gasteiger partial charge in [-0.05, 0) is 62.1 Å². The van der Waals surface area contributed by atoms with Crippen LogP contribution in [0.25, 0.3) is 6.08 Å². The summed E-state index contributed by atoms with van der Waals surface area (Å²) >= 11 is 5.71. The molecular formula is C26H39F2NO2S. The van der Waals surface area contributed by atoms with Crippen LogP contribution in [0, 0.1) is 29.4 Å². The molecule has 180 valence electrons. The molecule has 6 heteroatoms. The SMILES string of the molecule is CCC(CC(C)C)(C(=S)C(C)O)N(CC(C)CC(C)C)C(=O)C=Cc1ccc(F)cc1F. The van der Waals surface area contributed by atoms with E-state index in [-0.39, 0.29) is 23.3 Å². The van der Waals surface area contributed by atoms with E-state index in [1.165, 1.54) is 18.2 Å². The maximum absolute atomic E-state index is 14.1. The van der Waals surface area contributed by atoms with Crippen molar-refractivity contribution in [1.29, 1.82) is 0 Å². The number of aliphatic hydroxyl groups is 1. The Hall–Kier alpha value is -1.66. The Kier molecular flexibility index (Phi) is 11.1. The van der Waals surface area contributed by atoms with Gasteiger partial charge in [0.25, 0.3) is 0 Å². The first-order valence-electron chi connectivity index (χ1n) is 11.5. The van der Waals surface area contributed by atoms with E-state index in [0.717, 1.165) is 18.6 Å². The quantitative estimate of drug-likeness (QED) is 0.284. The van der Waals surface area contributed by atoms with Gasteiger partial charge in [-0.2, -0.15) is 0 Å². The molecule has 1 aromatic rings. The summed E-state index contributed by atoms with van der Waals surface area (Å²) in [7, 11) is 0. The van der Waals surface area contributed by atoms with Gasteiger partial charge >= 0.3 is 0 Å². The number of nitrogens with zero attached hydrogens (tertiary/aromatic N) is 1. The lowest BCUT2D eigenvalue weighted by Crippen LogP contribution is -2.60. The van der Waals surface area contributed by atoms with Crippen molar-refractivity contribution in [3.63, 3.8) is 0 Å². The number of thiocarbonyl (C=S) groups is 1. The molecule has 3 unspecified atom stereocenters. The predicted molar refractivity (Wildman–Crippen MR) is 132 cm³/mol. The van der Waals surface area contributed by atoms with Crippen molar-refractivity contribution in [3.8, 4) is 0 Å². The van der Waals surface area contributed by atoms with Crippen LogP contribution in [-0.4, -0.2) is 39.0 Å². The normalized spacial score (nSPS) is 15.8. The lowest BCUT2D eigenvalue weighted by Gasteiger charge is -2.47. The minimum absolute atomic E-state index is 0.138. The molecule has 0 aliphatic carbocycles. The highest BCUT2D eigenvalue weighted by atomic mass is 32.1. The molecular weight excluding hydrogens is 428 g/mol. The topological polar surface area (TPSA) is 40.5 Å². The number of hydrogen-bond donors (Lipinski definition) is 1. The second-order valence-electron chi connectivity index (χ2n) is 9.71. The molecule has 0 aromatic heterocycles. The Morgan fingerprint density at radius 2 is 1.78 bits per heavy atom. The van der Waals surface area contributed by atoms with Crippen molar-refractivity contribution in [2.45, 2.75) is 79.4 Å². The summed E-state index contributed by atoms with van der Waals surface area (Å²) in [6, 6.07) is 3.26. The van der Waals surface area contributed by atoms with E-state index in [1.54, 1.807) is 11.8 Å². The minimum Gasteiger partial charge on any atom is -0.388 e. The molecule has 1 rings (SSSR count). The van der Waals surface area contributed by atoms with Gasteiger partial charge in [0, 0.05) is 29.1 Å². The van der Waals surface area contributed by atoms with Crippen LogP contribution >= 0.6 is 12.2 Å². The highest BCUT2D eigenvalue weighted by Crippen LogP contribution is 2.33. The van der Waals surface area contributed by atoms with Crippen molar-refractivity contribution in [1.82, 2.24) is 4.90 Å². The molecule has 0 aliphatic rings. The number of hydrogen-bond acceptors (Lipinski definition) is 3. The zero-order valence-corrected chi connectivity index (χ0v) is 21.3. The summed E-state index contributed by atoms with van der Waals surface area (Å²) in [4.78, 5) is 15.7. The Labute approximate surface area is 197 Å². The molecule has 1 amide bonds. The van der Waals surface area contributed by atoms with E-state index >= 15 is 0 Å². The zero-order chi connectivity index (χ0) is 24.6. The first-order valence-corrected chi connectivity index (χ1v) is 11.9. The summed E-state index contributed by atoms with van der Waals surface area (Å²) in [6.07, 6.45) is 3.97. The number of halogens is 2. The van der Waals surface area contributed by atoms with E-state index in [1.807, 2.05) is 6.92 Å². The second kappa shape index (κ2) is 12.5. The van der Waals surface area contributed by atoms with E-state index in [4.69, 9.17) is 12.2 Å². The van der Waals surface area contributed by atoms with Gasteiger partial charge < -0.3 is 10.0 Å². The smallest absolute Gasteiger partial charge is 0.247 e. The average Bonchev–Trinajstić information content (AvgIpc) is 2.68. The van der Waals surface area contributed by atoms with E-state index < -0.39 is 23.3 Å². The molecule has 32 heavy (non-hydrogen) atoms. The van der Waals surface area contributed by atoms with Crippen LogP contribution in [0.1, 0.15) is 73.3 Å². The predicted octanol–water partition coefficient (Wildman–Crippen LogP) is 6.43. The van der Waals surface area contributed by atoms with Gasteiger partial charge in [0.05, 0.1) is 11.6 Å². The number of carbonyl (C=O) groups excluding carboxylic acids is 1. The largest absolute Gasteiger partial charge is 0.388 e. The maximum Gasteiger partial charge on any atom is 0.247 e. The molecule has 0 saturated heterocycles. The summed E-state index contributed by atoms with van der Waals surface area (Å²) < 4.78 is 27.3. The van der Waals surface area contributed by atoms with Crippen LogP contribution in [0.3, 0.4) is 0 Å². The molecule has 0 radical (unpaired) electrons. The lowest BCUT2D eigenvalue weighted by molar-refractivity contribution is -0.131. The van der Waals surface area contributed by atoms with Gasteiger partial charge in [-0.1, -0.05) is 53.8 Å². The molecule has 3 nitrogen and oxygen atoms in total. The third-order valence-corrected chi connectivity index (χ3v) is 6.41. The van der Waals surface area contributed by atoms with E-state index in [2.05, 4.69) is 34.6 Å². The van der Waals surface area contributed by atoms with Gasteiger partial charge in [-0.3, -0.25) is 4.79 Å². The number of benzene rings is 1. The molecule has 0 saturated carbocycles. The molecule has 3 atom stereocenters. The Morgan fingerprint density at radius 1 is 1.16 bits per heavy atom. The highest BCUT2D eigenvalue weighted by molar-refractivity contribution is 7.80. The van der Waals surface area contributed by atoms with Crippen LogP contribution in [0.2, 0.25) is 0 Å². The van der Waals surface area contributed by atoms with Crippen molar-refractivity contribution >= 4 is 29.1 Å². The second-order valence-corrected chi connectivity index (χ2v) is 10.1. The number of amides is 1. The molecule has 0 spiro atoms. The van der Waals surface area contributed by atoms with Gasteiger partial charge in [0.1, 0.15) is 11.6 Å². The fourth-order valence-electron chi connectivity index (χ4n) is 4.47. The first kappa shape index (κ1) is 28.4. The fourth-order valence-corrected chi connectivity index (χ4v) is 4.81. The Balaban J connectivity index is 3.46. The van der Waals surface area contributed by atoms with Gasteiger partial charge in [-0.25, -0.2) is 8.78 Å². The minimum atomic E-state index is -0.849. The summed E-state index contributed by atoms with van der Waals surface area (Å²) in [5.74, 6) is -0.771. The van der Waals surface area contributed by atoms with Gasteiger partial charge in [-0.15, -0.1) is 0 Å². The molecule has 1 aromatic carbocycles. The number of carbonyl (C=O) groups is 1. The fraction of sp³-hybridized carbons (Fsp3) is 0.615. The summed E-state index contributed by atoms with van der Waals surface area (Å²) in [6.45, 7) is 14.6. The van der Waals surface area contributed by atoms with Gasteiger partial charge in [0.15, 0.2) is 0 Å². The van der Waals surface area contributed by atoms with Crippen LogP contribution in [0.15, 0.2) is 24.3 Å². The highest BCUT2D eigenvalue weighted by Gasteiger charge is 2.43. The molecule has 0 heterocycles. The summed E-state index contributed by atoms with van der Waals surface area (Å²) in [5.41, 5.74) is -0.662. The first-order chi connectivity index (χ1) is 14.8. The Bertz CT molecular complexity index is 807. The molecule has 0 bridgehead atoms. The van der Waals surface area contributed by atoms with Crippen LogP contribution in [-0.2, 0) is 4.79 Å². The van der Waals surface area contributed by atoms with Crippen molar-refractivity contribution in [3.05, 3.63) is 41.5 Å². The molecule has 1 N–H and O–H groups in total. The van der Waals surface area contributed by atoms with E-state index in [0.29, 0.717) is 30.2 Å². The van der Waals surface area contributed by atoms with Crippen LogP contribution in [0.4, 0.5) is 8.78 Å². The van der Waals surface area contributed by atoms with Crippen LogP contribution < -0.4 is 0 Å². The third kappa shape index (κ3) is 7.73. The number of aliphatic hydroxyl groups excluding tert-OH is 1. The monoisotopic (exact) mass is 467 g/mol.